The van der Waals surface area contributed by atoms with Crippen molar-refractivity contribution in [1.29, 1.82) is 0 Å². The SMILES string of the molecule is CCNC(=O)CN1CCC(C=O)CC1. The highest BCUT2D eigenvalue weighted by molar-refractivity contribution is 5.77. The maximum atomic E-state index is 11.2. The number of nitrogens with one attached hydrogen (secondary N) is 1. The van der Waals surface area contributed by atoms with Crippen molar-refractivity contribution in [1.82, 2.24) is 10.2 Å². The predicted molar refractivity (Wildman–Crippen MR) is 53.9 cm³/mol. The van der Waals surface area contributed by atoms with E-state index in [2.05, 4.69) is 10.2 Å². The summed E-state index contributed by atoms with van der Waals surface area (Å²) in [5, 5.41) is 2.77. The Morgan fingerprint density at radius 2 is 2.14 bits per heavy atom. The third-order valence-corrected chi connectivity index (χ3v) is 2.57. The zero-order chi connectivity index (χ0) is 10.4. The van der Waals surface area contributed by atoms with Crippen LogP contribution in [-0.2, 0) is 9.59 Å². The molecule has 0 saturated carbocycles. The quantitative estimate of drug-likeness (QED) is 0.649. The molecule has 0 unspecified atom stereocenters. The number of hydrogen-bond acceptors (Lipinski definition) is 3. The average molecular weight is 198 g/mol. The van der Waals surface area contributed by atoms with Gasteiger partial charge in [0.2, 0.25) is 5.91 Å². The van der Waals surface area contributed by atoms with Gasteiger partial charge in [-0.25, -0.2) is 0 Å². The van der Waals surface area contributed by atoms with Gasteiger partial charge in [0, 0.05) is 12.5 Å². The van der Waals surface area contributed by atoms with Gasteiger partial charge in [0.05, 0.1) is 6.54 Å². The molecule has 1 N–H and O–H groups in total. The van der Waals surface area contributed by atoms with E-state index < -0.39 is 0 Å². The highest BCUT2D eigenvalue weighted by Gasteiger charge is 2.19. The molecule has 14 heavy (non-hydrogen) atoms. The third kappa shape index (κ3) is 3.46. The number of likely N-dealkylation sites (tertiary alicyclic amines) is 1. The monoisotopic (exact) mass is 198 g/mol. The van der Waals surface area contributed by atoms with Gasteiger partial charge in [-0.1, -0.05) is 0 Å². The van der Waals surface area contributed by atoms with Crippen molar-refractivity contribution in [3.8, 4) is 0 Å². The zero-order valence-electron chi connectivity index (χ0n) is 8.66. The van der Waals surface area contributed by atoms with Gasteiger partial charge >= 0.3 is 0 Å². The Kier molecular flexibility index (Phi) is 4.59. The second-order valence-electron chi connectivity index (χ2n) is 3.70. The molecule has 1 aliphatic heterocycles. The summed E-state index contributed by atoms with van der Waals surface area (Å²) < 4.78 is 0. The Bertz CT molecular complexity index is 198. The van der Waals surface area contributed by atoms with Crippen molar-refractivity contribution < 1.29 is 9.59 Å². The molecule has 80 valence electrons. The van der Waals surface area contributed by atoms with Crippen molar-refractivity contribution in [3.63, 3.8) is 0 Å². The molecule has 0 aromatic heterocycles. The molecule has 1 fully saturated rings. The summed E-state index contributed by atoms with van der Waals surface area (Å²) in [6.07, 6.45) is 2.81. The van der Waals surface area contributed by atoms with Crippen LogP contribution in [0.3, 0.4) is 0 Å². The Hall–Kier alpha value is -0.900. The molecular weight excluding hydrogens is 180 g/mol. The van der Waals surface area contributed by atoms with E-state index in [0.29, 0.717) is 13.1 Å². The Labute approximate surface area is 84.7 Å². The first-order valence-corrected chi connectivity index (χ1v) is 5.20. The fraction of sp³-hybridized carbons (Fsp3) is 0.800. The molecule has 0 spiro atoms. The summed E-state index contributed by atoms with van der Waals surface area (Å²) in [7, 11) is 0. The summed E-state index contributed by atoms with van der Waals surface area (Å²) >= 11 is 0. The summed E-state index contributed by atoms with van der Waals surface area (Å²) in [5.74, 6) is 0.289. The summed E-state index contributed by atoms with van der Waals surface area (Å²) in [5.41, 5.74) is 0. The highest BCUT2D eigenvalue weighted by atomic mass is 16.2. The van der Waals surface area contributed by atoms with Crippen LogP contribution in [0, 0.1) is 5.92 Å². The van der Waals surface area contributed by atoms with E-state index in [1.54, 1.807) is 0 Å². The van der Waals surface area contributed by atoms with Crippen molar-refractivity contribution in [2.75, 3.05) is 26.2 Å². The fourth-order valence-electron chi connectivity index (χ4n) is 1.70. The molecule has 0 aromatic carbocycles. The second kappa shape index (κ2) is 5.75. The van der Waals surface area contributed by atoms with Crippen LogP contribution < -0.4 is 5.32 Å². The molecule has 0 atom stereocenters. The molecule has 1 heterocycles. The number of hydrogen-bond donors (Lipinski definition) is 1. The maximum absolute atomic E-state index is 11.2. The normalized spacial score (nSPS) is 19.2. The van der Waals surface area contributed by atoms with Crippen LogP contribution in [0.15, 0.2) is 0 Å². The van der Waals surface area contributed by atoms with Crippen LogP contribution >= 0.6 is 0 Å². The molecule has 1 saturated heterocycles. The minimum Gasteiger partial charge on any atom is -0.355 e. The standard InChI is InChI=1S/C10H18N2O2/c1-2-11-10(14)7-12-5-3-9(8-13)4-6-12/h8-9H,2-7H2,1H3,(H,11,14). The molecule has 1 rings (SSSR count). The van der Waals surface area contributed by atoms with Crippen molar-refractivity contribution in [3.05, 3.63) is 0 Å². The van der Waals surface area contributed by atoms with Crippen LogP contribution in [0.2, 0.25) is 0 Å². The number of amides is 1. The maximum Gasteiger partial charge on any atom is 0.234 e. The number of carbonyl (C=O) groups is 2. The zero-order valence-corrected chi connectivity index (χ0v) is 8.66. The van der Waals surface area contributed by atoms with Crippen molar-refractivity contribution >= 4 is 12.2 Å². The fourth-order valence-corrected chi connectivity index (χ4v) is 1.70. The molecule has 0 radical (unpaired) electrons. The number of rotatable bonds is 4. The van der Waals surface area contributed by atoms with Gasteiger partial charge in [-0.3, -0.25) is 9.69 Å². The first-order valence-electron chi connectivity index (χ1n) is 5.20. The van der Waals surface area contributed by atoms with Crippen LogP contribution in [0.1, 0.15) is 19.8 Å². The third-order valence-electron chi connectivity index (χ3n) is 2.57. The summed E-state index contributed by atoms with van der Waals surface area (Å²) in [4.78, 5) is 23.8. The van der Waals surface area contributed by atoms with E-state index in [1.807, 2.05) is 6.92 Å². The van der Waals surface area contributed by atoms with Gasteiger partial charge in [0.15, 0.2) is 0 Å². The predicted octanol–water partition coefficient (Wildman–Crippen LogP) is 0.0334. The van der Waals surface area contributed by atoms with Gasteiger partial charge in [0.25, 0.3) is 0 Å². The molecular formula is C10H18N2O2. The molecule has 4 nitrogen and oxygen atoms in total. The minimum atomic E-state index is 0.0806. The largest absolute Gasteiger partial charge is 0.355 e. The lowest BCUT2D eigenvalue weighted by Crippen LogP contribution is -2.41. The van der Waals surface area contributed by atoms with Crippen LogP contribution in [-0.4, -0.2) is 43.3 Å². The number of carbonyl (C=O) groups excluding carboxylic acids is 2. The van der Waals surface area contributed by atoms with Gasteiger partial charge in [-0.2, -0.15) is 0 Å². The highest BCUT2D eigenvalue weighted by Crippen LogP contribution is 2.13. The lowest BCUT2D eigenvalue weighted by molar-refractivity contribution is -0.122. The Morgan fingerprint density at radius 1 is 1.50 bits per heavy atom. The Balaban J connectivity index is 2.21. The first-order chi connectivity index (χ1) is 6.76. The van der Waals surface area contributed by atoms with E-state index >= 15 is 0 Å². The minimum absolute atomic E-state index is 0.0806. The topological polar surface area (TPSA) is 49.4 Å². The lowest BCUT2D eigenvalue weighted by Gasteiger charge is -2.28. The van der Waals surface area contributed by atoms with E-state index in [1.165, 1.54) is 0 Å². The smallest absolute Gasteiger partial charge is 0.234 e. The van der Waals surface area contributed by atoms with E-state index in [0.717, 1.165) is 32.2 Å². The second-order valence-corrected chi connectivity index (χ2v) is 3.70. The van der Waals surface area contributed by atoms with Gasteiger partial charge in [0.1, 0.15) is 6.29 Å². The van der Waals surface area contributed by atoms with Crippen molar-refractivity contribution in [2.24, 2.45) is 5.92 Å². The molecule has 0 aromatic rings. The molecule has 1 amide bonds. The van der Waals surface area contributed by atoms with Gasteiger partial charge in [-0.15, -0.1) is 0 Å². The van der Waals surface area contributed by atoms with E-state index in [9.17, 15) is 9.59 Å². The number of nitrogens with zero attached hydrogens (tertiary/aromatic N) is 1. The first kappa shape index (κ1) is 11.2. The summed E-state index contributed by atoms with van der Waals surface area (Å²) in [6, 6.07) is 0. The average Bonchev–Trinajstić information content (AvgIpc) is 2.19. The van der Waals surface area contributed by atoms with E-state index in [-0.39, 0.29) is 11.8 Å². The van der Waals surface area contributed by atoms with Gasteiger partial charge < -0.3 is 10.1 Å². The molecule has 0 aliphatic carbocycles. The Morgan fingerprint density at radius 3 is 2.64 bits per heavy atom. The number of piperidine rings is 1. The van der Waals surface area contributed by atoms with Gasteiger partial charge in [-0.05, 0) is 32.9 Å². The van der Waals surface area contributed by atoms with Crippen LogP contribution in [0.5, 0.6) is 0 Å². The van der Waals surface area contributed by atoms with Crippen LogP contribution in [0.4, 0.5) is 0 Å². The number of aldehydes is 1. The van der Waals surface area contributed by atoms with E-state index in [4.69, 9.17) is 0 Å². The molecule has 1 aliphatic rings. The summed E-state index contributed by atoms with van der Waals surface area (Å²) in [6.45, 7) is 4.79. The van der Waals surface area contributed by atoms with Crippen LogP contribution in [0.25, 0.3) is 0 Å². The van der Waals surface area contributed by atoms with Crippen molar-refractivity contribution in [2.45, 2.75) is 19.8 Å². The lowest BCUT2D eigenvalue weighted by atomic mass is 9.99. The molecule has 0 bridgehead atoms. The number of likely N-dealkylation sites (N-methyl/N-ethyl adjacent to an activating group) is 1. The molecule has 4 heteroatoms.